The normalized spacial score (nSPS) is 11.9. The quantitative estimate of drug-likeness (QED) is 0.386. The maximum absolute atomic E-state index is 11.2. The van der Waals surface area contributed by atoms with E-state index in [1.165, 1.54) is 0 Å². The molecule has 0 aliphatic carbocycles. The van der Waals surface area contributed by atoms with Crippen LogP contribution in [0.2, 0.25) is 0 Å². The van der Waals surface area contributed by atoms with Crippen molar-refractivity contribution in [3.05, 3.63) is 0 Å². The highest BCUT2D eigenvalue weighted by Gasteiger charge is 2.10. The molecule has 3 nitrogen and oxygen atoms in total. The van der Waals surface area contributed by atoms with Crippen LogP contribution >= 0.6 is 24.8 Å². The number of rotatable bonds is 9. The lowest BCUT2D eigenvalue weighted by atomic mass is 10.0. The Labute approximate surface area is 115 Å². The Hall–Kier alpha value is -0.290. The highest BCUT2D eigenvalue weighted by atomic mass is 32.1. The first-order chi connectivity index (χ1) is 8.10. The molecule has 1 N–H and O–H groups in total. The van der Waals surface area contributed by atoms with Crippen LogP contribution in [0.3, 0.4) is 0 Å². The molecule has 0 aromatic heterocycles. The molecule has 5 heteroatoms. The summed E-state index contributed by atoms with van der Waals surface area (Å²) in [6, 6.07) is 0.328. The Morgan fingerprint density at radius 2 is 2.00 bits per heavy atom. The van der Waals surface area contributed by atoms with E-state index in [0.29, 0.717) is 23.4 Å². The largest absolute Gasteiger partial charge is 0.466 e. The summed E-state index contributed by atoms with van der Waals surface area (Å²) in [5, 5.41) is 3.16. The van der Waals surface area contributed by atoms with Crippen LogP contribution in [0.15, 0.2) is 0 Å². The van der Waals surface area contributed by atoms with Crippen molar-refractivity contribution in [1.82, 2.24) is 5.32 Å². The third-order valence-corrected chi connectivity index (χ3v) is 2.72. The van der Waals surface area contributed by atoms with E-state index in [-0.39, 0.29) is 5.97 Å². The molecule has 0 aromatic rings. The topological polar surface area (TPSA) is 38.3 Å². The molecule has 1 atom stereocenters. The summed E-state index contributed by atoms with van der Waals surface area (Å²) in [6.45, 7) is 4.44. The smallest absolute Gasteiger partial charge is 0.305 e. The summed E-state index contributed by atoms with van der Waals surface area (Å²) in [6.07, 6.45) is 5.64. The number of thiol groups is 1. The first-order valence-electron chi connectivity index (χ1n) is 6.25. The lowest BCUT2D eigenvalue weighted by Crippen LogP contribution is -2.31. The third-order valence-electron chi connectivity index (χ3n) is 2.47. The van der Waals surface area contributed by atoms with E-state index in [4.69, 9.17) is 17.0 Å². The van der Waals surface area contributed by atoms with Gasteiger partial charge in [-0.1, -0.05) is 32.0 Å². The number of nitrogens with one attached hydrogen (secondary N) is 1. The maximum atomic E-state index is 11.2. The van der Waals surface area contributed by atoms with Crippen molar-refractivity contribution >= 4 is 35.1 Å². The minimum atomic E-state index is -0.116. The molecule has 0 saturated heterocycles. The Morgan fingerprint density at radius 1 is 1.35 bits per heavy atom. The Bertz CT molecular complexity index is 235. The minimum absolute atomic E-state index is 0.116. The molecule has 0 heterocycles. The number of ether oxygens (including phenoxy) is 1. The van der Waals surface area contributed by atoms with Crippen LogP contribution in [-0.4, -0.2) is 22.9 Å². The predicted molar refractivity (Wildman–Crippen MR) is 78.5 cm³/mol. The maximum Gasteiger partial charge on any atom is 0.305 e. The van der Waals surface area contributed by atoms with Gasteiger partial charge in [-0.05, 0) is 26.2 Å². The zero-order valence-electron chi connectivity index (χ0n) is 10.7. The fourth-order valence-electron chi connectivity index (χ4n) is 1.64. The van der Waals surface area contributed by atoms with Crippen molar-refractivity contribution < 1.29 is 9.53 Å². The highest BCUT2D eigenvalue weighted by molar-refractivity contribution is 8.11. The van der Waals surface area contributed by atoms with Gasteiger partial charge in [0.1, 0.15) is 4.32 Å². The standard InChI is InChI=1S/C12H23NO2S2/c1-3-5-7-10(13-12(16)17)8-6-9-11(14)15-4-2/h10H,3-9H2,1-2H3,(H2,13,16,17). The van der Waals surface area contributed by atoms with Crippen LogP contribution in [-0.2, 0) is 9.53 Å². The minimum Gasteiger partial charge on any atom is -0.466 e. The molecule has 0 amide bonds. The average Bonchev–Trinajstić information content (AvgIpc) is 2.25. The van der Waals surface area contributed by atoms with Crippen LogP contribution in [0.1, 0.15) is 52.4 Å². The first-order valence-corrected chi connectivity index (χ1v) is 7.10. The Kier molecular flexibility index (Phi) is 10.7. The molecule has 0 spiro atoms. The van der Waals surface area contributed by atoms with Gasteiger partial charge in [0.25, 0.3) is 0 Å². The van der Waals surface area contributed by atoms with E-state index in [1.54, 1.807) is 0 Å². The van der Waals surface area contributed by atoms with Crippen molar-refractivity contribution in [2.45, 2.75) is 58.4 Å². The lowest BCUT2D eigenvalue weighted by molar-refractivity contribution is -0.143. The van der Waals surface area contributed by atoms with Crippen molar-refractivity contribution in [2.75, 3.05) is 6.61 Å². The summed E-state index contributed by atoms with van der Waals surface area (Å²) < 4.78 is 5.42. The van der Waals surface area contributed by atoms with Crippen LogP contribution < -0.4 is 5.32 Å². The highest BCUT2D eigenvalue weighted by Crippen LogP contribution is 2.10. The van der Waals surface area contributed by atoms with Gasteiger partial charge in [0, 0.05) is 12.5 Å². The van der Waals surface area contributed by atoms with E-state index in [2.05, 4.69) is 24.9 Å². The molecule has 0 rings (SSSR count). The number of unbranched alkanes of at least 4 members (excludes halogenated alkanes) is 1. The van der Waals surface area contributed by atoms with Crippen LogP contribution in [0, 0.1) is 0 Å². The van der Waals surface area contributed by atoms with Gasteiger partial charge in [-0.15, -0.1) is 12.6 Å². The number of hydrogen-bond donors (Lipinski definition) is 2. The molecule has 0 bridgehead atoms. The van der Waals surface area contributed by atoms with Crippen molar-refractivity contribution in [3.63, 3.8) is 0 Å². The van der Waals surface area contributed by atoms with Gasteiger partial charge in [-0.2, -0.15) is 0 Å². The monoisotopic (exact) mass is 277 g/mol. The second kappa shape index (κ2) is 10.8. The van der Waals surface area contributed by atoms with E-state index in [1.807, 2.05) is 6.92 Å². The summed E-state index contributed by atoms with van der Waals surface area (Å²) in [5.74, 6) is -0.116. The van der Waals surface area contributed by atoms with Crippen LogP contribution in [0.4, 0.5) is 0 Å². The fourth-order valence-corrected chi connectivity index (χ4v) is 1.99. The summed E-state index contributed by atoms with van der Waals surface area (Å²) in [4.78, 5) is 11.2. The molecule has 0 saturated carbocycles. The molecular weight excluding hydrogens is 254 g/mol. The second-order valence-corrected chi connectivity index (χ2v) is 5.14. The molecule has 0 aliphatic rings. The SMILES string of the molecule is CCCCC(CCCC(=O)OCC)NC(=S)S. The van der Waals surface area contributed by atoms with E-state index >= 15 is 0 Å². The van der Waals surface area contributed by atoms with Crippen molar-refractivity contribution in [2.24, 2.45) is 0 Å². The molecule has 0 fully saturated rings. The van der Waals surface area contributed by atoms with Gasteiger partial charge < -0.3 is 10.1 Å². The Balaban J connectivity index is 3.81. The summed E-state index contributed by atoms with van der Waals surface area (Å²) in [5.41, 5.74) is 0. The molecule has 0 radical (unpaired) electrons. The fraction of sp³-hybridized carbons (Fsp3) is 0.833. The lowest BCUT2D eigenvalue weighted by Gasteiger charge is -2.18. The van der Waals surface area contributed by atoms with Crippen LogP contribution in [0.25, 0.3) is 0 Å². The molecule has 1 unspecified atom stereocenters. The van der Waals surface area contributed by atoms with Gasteiger partial charge in [0.15, 0.2) is 0 Å². The van der Waals surface area contributed by atoms with Gasteiger partial charge in [0.2, 0.25) is 0 Å². The molecule has 17 heavy (non-hydrogen) atoms. The van der Waals surface area contributed by atoms with Gasteiger partial charge in [-0.25, -0.2) is 0 Å². The average molecular weight is 277 g/mol. The van der Waals surface area contributed by atoms with Gasteiger partial charge in [0.05, 0.1) is 6.61 Å². The Morgan fingerprint density at radius 3 is 2.53 bits per heavy atom. The summed E-state index contributed by atoms with van der Waals surface area (Å²) >= 11 is 9.01. The number of hydrogen-bond acceptors (Lipinski definition) is 3. The van der Waals surface area contributed by atoms with Gasteiger partial charge in [-0.3, -0.25) is 4.79 Å². The number of carbonyl (C=O) groups is 1. The van der Waals surface area contributed by atoms with E-state index < -0.39 is 0 Å². The van der Waals surface area contributed by atoms with Gasteiger partial charge >= 0.3 is 5.97 Å². The molecular formula is C12H23NO2S2. The molecule has 0 aromatic carbocycles. The summed E-state index contributed by atoms with van der Waals surface area (Å²) in [7, 11) is 0. The van der Waals surface area contributed by atoms with E-state index in [0.717, 1.165) is 32.1 Å². The molecule has 100 valence electrons. The predicted octanol–water partition coefficient (Wildman–Crippen LogP) is 3.08. The zero-order valence-corrected chi connectivity index (χ0v) is 12.4. The third kappa shape index (κ3) is 10.6. The van der Waals surface area contributed by atoms with Crippen molar-refractivity contribution in [1.29, 1.82) is 0 Å². The zero-order chi connectivity index (χ0) is 13.1. The number of thiocarbonyl (C=S) groups is 1. The second-order valence-electron chi connectivity index (χ2n) is 3.99. The van der Waals surface area contributed by atoms with E-state index in [9.17, 15) is 4.79 Å². The van der Waals surface area contributed by atoms with Crippen molar-refractivity contribution in [3.8, 4) is 0 Å². The first kappa shape index (κ1) is 16.7. The number of carbonyl (C=O) groups excluding carboxylic acids is 1. The van der Waals surface area contributed by atoms with Crippen LogP contribution in [0.5, 0.6) is 0 Å². The number of esters is 1. The molecule has 0 aliphatic heterocycles.